The van der Waals surface area contributed by atoms with E-state index in [0.717, 1.165) is 29.2 Å². The highest BCUT2D eigenvalue weighted by Gasteiger charge is 2.60. The van der Waals surface area contributed by atoms with Crippen LogP contribution in [0.1, 0.15) is 31.4 Å². The van der Waals surface area contributed by atoms with Crippen LogP contribution in [0.25, 0.3) is 0 Å². The van der Waals surface area contributed by atoms with E-state index in [0.29, 0.717) is 24.5 Å². The first-order chi connectivity index (χ1) is 15.2. The molecule has 5 rings (SSSR count). The average molecular weight is 450 g/mol. The standard InChI is InChI=1S/C22H25F3N4O3/c1-21(22(23,24)25)13-28-19(31)9-18(27-10-15-7-8-16(11-27)32-15)26-20(28)29(21)12-17(30)14-5-3-2-4-6-14/h2-6,9,15-17,30H,7-8,10-13H2,1H3/t15?,16?,17-,21+/m1/s1. The first kappa shape index (κ1) is 21.3. The quantitative estimate of drug-likeness (QED) is 0.772. The number of β-amino-alcohol motifs (C(OH)–C–C–N with tert-alkyl or cyclic N) is 1. The molecular formula is C22H25F3N4O3. The lowest BCUT2D eigenvalue weighted by Crippen LogP contribution is -2.56. The van der Waals surface area contributed by atoms with Gasteiger partial charge in [0.15, 0.2) is 5.54 Å². The van der Waals surface area contributed by atoms with Crippen molar-refractivity contribution in [2.45, 2.75) is 56.3 Å². The van der Waals surface area contributed by atoms with Crippen LogP contribution in [0.15, 0.2) is 41.2 Å². The molecule has 0 amide bonds. The van der Waals surface area contributed by atoms with Crippen LogP contribution >= 0.6 is 0 Å². The molecule has 4 atom stereocenters. The highest BCUT2D eigenvalue weighted by molar-refractivity contribution is 5.50. The number of anilines is 2. The Bertz CT molecular complexity index is 1050. The summed E-state index contributed by atoms with van der Waals surface area (Å²) in [4.78, 5) is 20.3. The van der Waals surface area contributed by atoms with Crippen molar-refractivity contribution in [3.63, 3.8) is 0 Å². The van der Waals surface area contributed by atoms with Crippen molar-refractivity contribution in [3.05, 3.63) is 52.3 Å². The molecule has 2 saturated heterocycles. The SMILES string of the molecule is C[C@@]1(C(F)(F)F)Cn2c(nc(N3CC4CCC(C3)O4)cc2=O)N1C[C@@H](O)c1ccccc1. The zero-order valence-electron chi connectivity index (χ0n) is 17.6. The first-order valence-corrected chi connectivity index (χ1v) is 10.8. The van der Waals surface area contributed by atoms with Gasteiger partial charge in [0.05, 0.1) is 31.4 Å². The summed E-state index contributed by atoms with van der Waals surface area (Å²) in [6.07, 6.45) is -3.88. The number of hydrogen-bond donors (Lipinski definition) is 1. The molecule has 3 aliphatic rings. The van der Waals surface area contributed by atoms with Gasteiger partial charge in [-0.25, -0.2) is 0 Å². The van der Waals surface area contributed by atoms with Crippen LogP contribution in [0.2, 0.25) is 0 Å². The van der Waals surface area contributed by atoms with E-state index in [4.69, 9.17) is 4.74 Å². The molecule has 1 aromatic carbocycles. The normalized spacial score (nSPS) is 28.2. The second-order valence-corrected chi connectivity index (χ2v) is 9.01. The molecule has 2 aromatic rings. The highest BCUT2D eigenvalue weighted by Crippen LogP contribution is 2.44. The van der Waals surface area contributed by atoms with E-state index in [1.54, 1.807) is 30.3 Å². The summed E-state index contributed by atoms with van der Waals surface area (Å²) < 4.78 is 49.5. The van der Waals surface area contributed by atoms with E-state index in [1.807, 2.05) is 4.90 Å². The summed E-state index contributed by atoms with van der Waals surface area (Å²) >= 11 is 0. The molecule has 172 valence electrons. The summed E-state index contributed by atoms with van der Waals surface area (Å²) in [5.74, 6) is 0.285. The molecule has 1 aromatic heterocycles. The predicted molar refractivity (Wildman–Crippen MR) is 112 cm³/mol. The second-order valence-electron chi connectivity index (χ2n) is 9.01. The fourth-order valence-electron chi connectivity index (χ4n) is 4.89. The van der Waals surface area contributed by atoms with Crippen LogP contribution in [-0.4, -0.2) is 58.2 Å². The van der Waals surface area contributed by atoms with Crippen LogP contribution in [0.4, 0.5) is 24.9 Å². The summed E-state index contributed by atoms with van der Waals surface area (Å²) in [6, 6.07) is 9.82. The van der Waals surface area contributed by atoms with Crippen molar-refractivity contribution in [1.29, 1.82) is 0 Å². The lowest BCUT2D eigenvalue weighted by Gasteiger charge is -2.38. The Morgan fingerprint density at radius 1 is 1.22 bits per heavy atom. The van der Waals surface area contributed by atoms with Gasteiger partial charge in [0.25, 0.3) is 5.56 Å². The molecule has 2 fully saturated rings. The molecule has 0 radical (unpaired) electrons. The molecule has 0 saturated carbocycles. The number of benzene rings is 1. The Hall–Kier alpha value is -2.59. The summed E-state index contributed by atoms with van der Waals surface area (Å²) in [7, 11) is 0. The van der Waals surface area contributed by atoms with Gasteiger partial charge in [-0.3, -0.25) is 9.36 Å². The van der Waals surface area contributed by atoms with Gasteiger partial charge >= 0.3 is 6.18 Å². The fourth-order valence-corrected chi connectivity index (χ4v) is 4.89. The number of morpholine rings is 1. The van der Waals surface area contributed by atoms with Gasteiger partial charge in [-0.2, -0.15) is 18.2 Å². The van der Waals surface area contributed by atoms with Gasteiger partial charge < -0.3 is 19.6 Å². The number of fused-ring (bicyclic) bond motifs is 3. The molecule has 32 heavy (non-hydrogen) atoms. The first-order valence-electron chi connectivity index (χ1n) is 10.8. The van der Waals surface area contributed by atoms with Gasteiger partial charge in [0.2, 0.25) is 5.95 Å². The van der Waals surface area contributed by atoms with Crippen molar-refractivity contribution in [2.24, 2.45) is 0 Å². The molecule has 7 nitrogen and oxygen atoms in total. The number of hydrogen-bond acceptors (Lipinski definition) is 6. The monoisotopic (exact) mass is 450 g/mol. The maximum Gasteiger partial charge on any atom is 0.413 e. The van der Waals surface area contributed by atoms with E-state index in [1.165, 1.54) is 6.07 Å². The zero-order valence-corrected chi connectivity index (χ0v) is 17.6. The number of ether oxygens (including phenoxy) is 1. The van der Waals surface area contributed by atoms with E-state index >= 15 is 0 Å². The molecule has 0 spiro atoms. The number of halogens is 3. The van der Waals surface area contributed by atoms with Crippen LogP contribution in [0.3, 0.4) is 0 Å². The third kappa shape index (κ3) is 3.45. The third-order valence-corrected chi connectivity index (χ3v) is 6.80. The van der Waals surface area contributed by atoms with Crippen LogP contribution in [0.5, 0.6) is 0 Å². The molecule has 4 heterocycles. The third-order valence-electron chi connectivity index (χ3n) is 6.80. The van der Waals surface area contributed by atoms with Crippen LogP contribution in [-0.2, 0) is 11.3 Å². The number of rotatable bonds is 4. The smallest absolute Gasteiger partial charge is 0.387 e. The van der Waals surface area contributed by atoms with Gasteiger partial charge in [-0.05, 0) is 25.3 Å². The lowest BCUT2D eigenvalue weighted by atomic mass is 9.99. The summed E-state index contributed by atoms with van der Waals surface area (Å²) in [6.45, 7) is 1.23. The van der Waals surface area contributed by atoms with Crippen molar-refractivity contribution in [1.82, 2.24) is 9.55 Å². The predicted octanol–water partition coefficient (Wildman–Crippen LogP) is 2.49. The minimum Gasteiger partial charge on any atom is -0.387 e. The summed E-state index contributed by atoms with van der Waals surface area (Å²) in [5, 5.41) is 10.7. The minimum atomic E-state index is -4.64. The lowest BCUT2D eigenvalue weighted by molar-refractivity contribution is -0.183. The Morgan fingerprint density at radius 3 is 2.50 bits per heavy atom. The molecule has 1 N–H and O–H groups in total. The molecular weight excluding hydrogens is 425 g/mol. The average Bonchev–Trinajstić information content (AvgIpc) is 3.25. The summed E-state index contributed by atoms with van der Waals surface area (Å²) in [5.41, 5.74) is -2.40. The topological polar surface area (TPSA) is 70.8 Å². The van der Waals surface area contributed by atoms with E-state index < -0.39 is 29.9 Å². The van der Waals surface area contributed by atoms with E-state index in [-0.39, 0.29) is 24.7 Å². The maximum absolute atomic E-state index is 14.2. The van der Waals surface area contributed by atoms with Gasteiger partial charge in [-0.1, -0.05) is 30.3 Å². The highest BCUT2D eigenvalue weighted by atomic mass is 19.4. The number of aliphatic hydroxyl groups excluding tert-OH is 1. The minimum absolute atomic E-state index is 0.0445. The Morgan fingerprint density at radius 2 is 1.88 bits per heavy atom. The largest absolute Gasteiger partial charge is 0.413 e. The maximum atomic E-state index is 14.2. The van der Waals surface area contributed by atoms with E-state index in [2.05, 4.69) is 4.98 Å². The van der Waals surface area contributed by atoms with Gasteiger partial charge in [-0.15, -0.1) is 0 Å². The molecule has 0 aliphatic carbocycles. The van der Waals surface area contributed by atoms with Crippen molar-refractivity contribution in [2.75, 3.05) is 29.4 Å². The molecule has 3 aliphatic heterocycles. The molecule has 10 heteroatoms. The van der Waals surface area contributed by atoms with Gasteiger partial charge in [0, 0.05) is 19.2 Å². The van der Waals surface area contributed by atoms with Crippen LogP contribution in [0, 0.1) is 0 Å². The fraction of sp³-hybridized carbons (Fsp3) is 0.545. The zero-order chi connectivity index (χ0) is 22.7. The number of nitrogens with zero attached hydrogens (tertiary/aromatic N) is 4. The number of aliphatic hydroxyl groups is 1. The number of aromatic nitrogens is 2. The molecule has 2 bridgehead atoms. The number of alkyl halides is 3. The Labute approximate surface area is 183 Å². The van der Waals surface area contributed by atoms with Crippen molar-refractivity contribution in [3.8, 4) is 0 Å². The molecule has 2 unspecified atom stereocenters. The Kier molecular flexibility index (Phi) is 4.97. The van der Waals surface area contributed by atoms with Crippen molar-refractivity contribution >= 4 is 11.8 Å². The van der Waals surface area contributed by atoms with E-state index in [9.17, 15) is 23.1 Å². The van der Waals surface area contributed by atoms with Crippen LogP contribution < -0.4 is 15.4 Å². The Balaban J connectivity index is 1.54. The second kappa shape index (κ2) is 7.48. The van der Waals surface area contributed by atoms with Crippen molar-refractivity contribution < 1.29 is 23.0 Å². The van der Waals surface area contributed by atoms with Gasteiger partial charge in [0.1, 0.15) is 5.82 Å².